The first-order chi connectivity index (χ1) is 8.31. The Morgan fingerprint density at radius 2 is 2.12 bits per heavy atom. The van der Waals surface area contributed by atoms with Crippen molar-refractivity contribution in [3.63, 3.8) is 0 Å². The number of nitrogens with two attached hydrogens (primary N) is 1. The summed E-state index contributed by atoms with van der Waals surface area (Å²) in [6.07, 6.45) is -0.609. The summed E-state index contributed by atoms with van der Waals surface area (Å²) in [6.45, 7) is 1.19. The van der Waals surface area contributed by atoms with Gasteiger partial charge in [0.05, 0.1) is 0 Å². The van der Waals surface area contributed by atoms with Crippen molar-refractivity contribution in [1.82, 2.24) is 10.7 Å². The van der Waals surface area contributed by atoms with E-state index >= 15 is 0 Å². The smallest absolute Gasteiger partial charge is 0.264 e. The quantitative estimate of drug-likeness (QED) is 0.370. The molecule has 0 saturated carbocycles. The second-order valence-electron chi connectivity index (χ2n) is 3.61. The number of hydrogen-bond acceptors (Lipinski definition) is 5. The number of hydrazine groups is 1. The van der Waals surface area contributed by atoms with E-state index in [0.29, 0.717) is 24.6 Å². The lowest BCUT2D eigenvalue weighted by Gasteiger charge is -2.25. The lowest BCUT2D eigenvalue weighted by molar-refractivity contribution is -0.130. The van der Waals surface area contributed by atoms with Gasteiger partial charge in [0.1, 0.15) is 6.61 Å². The Kier molecular flexibility index (Phi) is 3.79. The van der Waals surface area contributed by atoms with Gasteiger partial charge in [-0.1, -0.05) is 12.1 Å². The SMILES string of the molecule is NNCCNC(=O)C1COc2ccccc2O1. The minimum atomic E-state index is -0.609. The van der Waals surface area contributed by atoms with Gasteiger partial charge in [0.25, 0.3) is 5.91 Å². The largest absolute Gasteiger partial charge is 0.485 e. The number of fused-ring (bicyclic) bond motifs is 1. The number of para-hydroxylation sites is 2. The van der Waals surface area contributed by atoms with Crippen LogP contribution in [0.3, 0.4) is 0 Å². The van der Waals surface area contributed by atoms with Crippen LogP contribution >= 0.6 is 0 Å². The zero-order chi connectivity index (χ0) is 12.1. The fraction of sp³-hybridized carbons (Fsp3) is 0.364. The summed E-state index contributed by atoms with van der Waals surface area (Å²) in [5.41, 5.74) is 2.45. The highest BCUT2D eigenvalue weighted by Crippen LogP contribution is 2.30. The van der Waals surface area contributed by atoms with Gasteiger partial charge in [-0.25, -0.2) is 0 Å². The summed E-state index contributed by atoms with van der Waals surface area (Å²) in [5, 5.41) is 2.70. The zero-order valence-corrected chi connectivity index (χ0v) is 9.31. The van der Waals surface area contributed by atoms with Crippen molar-refractivity contribution in [2.45, 2.75) is 6.10 Å². The van der Waals surface area contributed by atoms with E-state index in [9.17, 15) is 4.79 Å². The molecule has 1 amide bonds. The molecule has 0 radical (unpaired) electrons. The average molecular weight is 237 g/mol. The second kappa shape index (κ2) is 5.51. The van der Waals surface area contributed by atoms with Crippen LogP contribution in [0.1, 0.15) is 0 Å². The van der Waals surface area contributed by atoms with Crippen LogP contribution < -0.4 is 26.1 Å². The van der Waals surface area contributed by atoms with E-state index in [1.54, 1.807) is 6.07 Å². The topological polar surface area (TPSA) is 85.6 Å². The predicted molar refractivity (Wildman–Crippen MR) is 61.6 cm³/mol. The Balaban J connectivity index is 1.91. The molecule has 17 heavy (non-hydrogen) atoms. The Hall–Kier alpha value is -1.79. The molecule has 4 N–H and O–H groups in total. The highest BCUT2D eigenvalue weighted by atomic mass is 16.6. The van der Waals surface area contributed by atoms with E-state index in [-0.39, 0.29) is 12.5 Å². The number of rotatable bonds is 4. The molecule has 1 atom stereocenters. The number of benzene rings is 1. The summed E-state index contributed by atoms with van der Waals surface area (Å²) >= 11 is 0. The Morgan fingerprint density at radius 1 is 1.35 bits per heavy atom. The van der Waals surface area contributed by atoms with Crippen molar-refractivity contribution >= 4 is 5.91 Å². The molecule has 92 valence electrons. The fourth-order valence-electron chi connectivity index (χ4n) is 1.52. The molecule has 0 bridgehead atoms. The van der Waals surface area contributed by atoms with Crippen LogP contribution in [-0.4, -0.2) is 31.7 Å². The first-order valence-electron chi connectivity index (χ1n) is 5.41. The lowest BCUT2D eigenvalue weighted by atomic mass is 10.2. The molecule has 1 unspecified atom stereocenters. The van der Waals surface area contributed by atoms with Crippen LogP contribution in [0.15, 0.2) is 24.3 Å². The standard InChI is InChI=1S/C11H15N3O3/c12-14-6-5-13-11(15)10-7-16-8-3-1-2-4-9(8)17-10/h1-4,10,14H,5-7,12H2,(H,13,15). The molecule has 0 aromatic heterocycles. The van der Waals surface area contributed by atoms with Gasteiger partial charge in [-0.3, -0.25) is 16.1 Å². The molecule has 0 fully saturated rings. The van der Waals surface area contributed by atoms with Crippen molar-refractivity contribution in [2.24, 2.45) is 5.84 Å². The summed E-state index contributed by atoms with van der Waals surface area (Å²) in [7, 11) is 0. The minimum Gasteiger partial charge on any atom is -0.485 e. The van der Waals surface area contributed by atoms with Gasteiger partial charge in [-0.05, 0) is 12.1 Å². The van der Waals surface area contributed by atoms with Crippen LogP contribution in [0, 0.1) is 0 Å². The maximum Gasteiger partial charge on any atom is 0.264 e. The maximum absolute atomic E-state index is 11.7. The van der Waals surface area contributed by atoms with Crippen LogP contribution in [0.2, 0.25) is 0 Å². The van der Waals surface area contributed by atoms with Gasteiger partial charge in [-0.15, -0.1) is 0 Å². The zero-order valence-electron chi connectivity index (χ0n) is 9.31. The highest BCUT2D eigenvalue weighted by Gasteiger charge is 2.26. The van der Waals surface area contributed by atoms with Gasteiger partial charge in [0.15, 0.2) is 11.5 Å². The number of carbonyl (C=O) groups excluding carboxylic acids is 1. The van der Waals surface area contributed by atoms with Gasteiger partial charge in [0.2, 0.25) is 6.10 Å². The van der Waals surface area contributed by atoms with Gasteiger partial charge < -0.3 is 14.8 Å². The Labute approximate surface area is 99.0 Å². The molecule has 0 aliphatic carbocycles. The summed E-state index contributed by atoms with van der Waals surface area (Å²) in [4.78, 5) is 11.7. The summed E-state index contributed by atoms with van der Waals surface area (Å²) in [6, 6.07) is 7.27. The summed E-state index contributed by atoms with van der Waals surface area (Å²) < 4.78 is 11.0. The monoisotopic (exact) mass is 237 g/mol. The molecule has 6 heteroatoms. The lowest BCUT2D eigenvalue weighted by Crippen LogP contribution is -2.46. The van der Waals surface area contributed by atoms with Gasteiger partial charge in [-0.2, -0.15) is 0 Å². The van der Waals surface area contributed by atoms with Crippen molar-refractivity contribution in [3.05, 3.63) is 24.3 Å². The van der Waals surface area contributed by atoms with E-state index in [1.807, 2.05) is 18.2 Å². The Bertz CT molecular complexity index is 397. The first kappa shape index (κ1) is 11.7. The molecule has 6 nitrogen and oxygen atoms in total. The first-order valence-corrected chi connectivity index (χ1v) is 5.41. The molecular weight excluding hydrogens is 222 g/mol. The second-order valence-corrected chi connectivity index (χ2v) is 3.61. The third-order valence-electron chi connectivity index (χ3n) is 2.37. The normalized spacial score (nSPS) is 17.6. The van der Waals surface area contributed by atoms with Crippen LogP contribution in [-0.2, 0) is 4.79 Å². The van der Waals surface area contributed by atoms with Crippen molar-refractivity contribution in [3.8, 4) is 11.5 Å². The molecule has 0 spiro atoms. The number of carbonyl (C=O) groups is 1. The number of nitrogens with one attached hydrogen (secondary N) is 2. The minimum absolute atomic E-state index is 0.199. The molecule has 1 aliphatic rings. The molecule has 1 heterocycles. The summed E-state index contributed by atoms with van der Waals surface area (Å²) in [5.74, 6) is 6.16. The van der Waals surface area contributed by atoms with E-state index in [1.165, 1.54) is 0 Å². The molecule has 1 aromatic carbocycles. The third kappa shape index (κ3) is 2.86. The molecule has 1 aliphatic heterocycles. The fourth-order valence-corrected chi connectivity index (χ4v) is 1.52. The van der Waals surface area contributed by atoms with Crippen LogP contribution in [0.5, 0.6) is 11.5 Å². The molecular formula is C11H15N3O3. The average Bonchev–Trinajstić information content (AvgIpc) is 2.38. The van der Waals surface area contributed by atoms with Crippen LogP contribution in [0.25, 0.3) is 0 Å². The van der Waals surface area contributed by atoms with E-state index in [4.69, 9.17) is 15.3 Å². The van der Waals surface area contributed by atoms with Gasteiger partial charge >= 0.3 is 0 Å². The predicted octanol–water partition coefficient (Wildman–Crippen LogP) is -0.594. The number of hydrogen-bond donors (Lipinski definition) is 3. The molecule has 2 rings (SSSR count). The van der Waals surface area contributed by atoms with E-state index in [2.05, 4.69) is 10.7 Å². The van der Waals surface area contributed by atoms with E-state index < -0.39 is 6.10 Å². The third-order valence-corrected chi connectivity index (χ3v) is 2.37. The molecule has 0 saturated heterocycles. The van der Waals surface area contributed by atoms with Gasteiger partial charge in [0, 0.05) is 13.1 Å². The molecule has 1 aromatic rings. The van der Waals surface area contributed by atoms with Crippen molar-refractivity contribution in [1.29, 1.82) is 0 Å². The number of ether oxygens (including phenoxy) is 2. The Morgan fingerprint density at radius 3 is 2.88 bits per heavy atom. The van der Waals surface area contributed by atoms with Crippen LogP contribution in [0.4, 0.5) is 0 Å². The maximum atomic E-state index is 11.7. The highest BCUT2D eigenvalue weighted by molar-refractivity contribution is 5.81. The van der Waals surface area contributed by atoms with Crippen molar-refractivity contribution < 1.29 is 14.3 Å². The van der Waals surface area contributed by atoms with Crippen molar-refractivity contribution in [2.75, 3.05) is 19.7 Å². The van der Waals surface area contributed by atoms with E-state index in [0.717, 1.165) is 0 Å². The number of amides is 1.